The van der Waals surface area contributed by atoms with Crippen molar-refractivity contribution in [3.05, 3.63) is 0 Å². The first-order chi connectivity index (χ1) is 5.31. The molecule has 0 radical (unpaired) electrons. The Morgan fingerprint density at radius 3 is 3.00 bits per heavy atom. The highest BCUT2D eigenvalue weighted by molar-refractivity contribution is 4.96. The normalized spacial score (nSPS) is 49.6. The smallest absolute Gasteiger partial charge is 0.0221 e. The molecule has 2 nitrogen and oxygen atoms in total. The third-order valence-corrected chi connectivity index (χ3v) is 3.40. The summed E-state index contributed by atoms with van der Waals surface area (Å²) in [5.74, 6) is 2.79. The van der Waals surface area contributed by atoms with E-state index in [1.807, 2.05) is 0 Å². The van der Waals surface area contributed by atoms with Gasteiger partial charge in [-0.15, -0.1) is 0 Å². The summed E-state index contributed by atoms with van der Waals surface area (Å²) in [6.07, 6.45) is 2.83. The molecule has 0 aromatic heterocycles. The fourth-order valence-corrected chi connectivity index (χ4v) is 2.88. The Bertz CT molecular complexity index is 144. The second-order valence-electron chi connectivity index (χ2n) is 4.25. The third-order valence-electron chi connectivity index (χ3n) is 3.40. The van der Waals surface area contributed by atoms with Crippen LogP contribution in [0.1, 0.15) is 19.8 Å². The molecule has 1 saturated carbocycles. The van der Waals surface area contributed by atoms with E-state index in [-0.39, 0.29) is 0 Å². The van der Waals surface area contributed by atoms with E-state index in [1.54, 1.807) is 0 Å². The van der Waals surface area contributed by atoms with Crippen LogP contribution in [0.4, 0.5) is 0 Å². The molecule has 3 N–H and O–H groups in total. The van der Waals surface area contributed by atoms with E-state index in [0.29, 0.717) is 6.04 Å². The number of rotatable bonds is 1. The van der Waals surface area contributed by atoms with E-state index in [4.69, 9.17) is 5.73 Å². The number of fused-ring (bicyclic) bond motifs is 1. The van der Waals surface area contributed by atoms with Crippen LogP contribution in [0, 0.1) is 17.8 Å². The summed E-state index contributed by atoms with van der Waals surface area (Å²) in [4.78, 5) is 0. The first kappa shape index (κ1) is 7.56. The van der Waals surface area contributed by atoms with Gasteiger partial charge in [-0.3, -0.25) is 0 Å². The first-order valence-electron chi connectivity index (χ1n) is 4.74. The maximum atomic E-state index is 5.67. The number of nitrogens with one attached hydrogen (secondary N) is 1. The van der Waals surface area contributed by atoms with Gasteiger partial charge < -0.3 is 11.1 Å². The topological polar surface area (TPSA) is 38.0 Å². The highest BCUT2D eigenvalue weighted by Gasteiger charge is 2.40. The molecule has 4 atom stereocenters. The van der Waals surface area contributed by atoms with Crippen LogP contribution in [0.25, 0.3) is 0 Å². The minimum Gasteiger partial charge on any atom is -0.329 e. The molecular weight excluding hydrogens is 136 g/mol. The van der Waals surface area contributed by atoms with Crippen LogP contribution >= 0.6 is 0 Å². The van der Waals surface area contributed by atoms with E-state index in [0.717, 1.165) is 24.3 Å². The SMILES string of the molecule is CC1C[C@H]2CN[C@H](CN)[C@H]2C1. The Labute approximate surface area is 68.5 Å². The minimum atomic E-state index is 0.630. The summed E-state index contributed by atoms with van der Waals surface area (Å²) in [5.41, 5.74) is 5.67. The van der Waals surface area contributed by atoms with Crippen molar-refractivity contribution >= 4 is 0 Å². The fraction of sp³-hybridized carbons (Fsp3) is 1.00. The van der Waals surface area contributed by atoms with Gasteiger partial charge in [0.15, 0.2) is 0 Å². The van der Waals surface area contributed by atoms with Gasteiger partial charge in [0.05, 0.1) is 0 Å². The van der Waals surface area contributed by atoms with Crippen LogP contribution in [0.3, 0.4) is 0 Å². The van der Waals surface area contributed by atoms with E-state index in [1.165, 1.54) is 19.4 Å². The van der Waals surface area contributed by atoms with Crippen LogP contribution in [0.5, 0.6) is 0 Å². The Balaban J connectivity index is 2.01. The average molecular weight is 154 g/mol. The molecule has 11 heavy (non-hydrogen) atoms. The highest BCUT2D eigenvalue weighted by atomic mass is 15.0. The van der Waals surface area contributed by atoms with Gasteiger partial charge in [0.25, 0.3) is 0 Å². The molecule has 2 aliphatic rings. The van der Waals surface area contributed by atoms with Crippen molar-refractivity contribution in [2.24, 2.45) is 23.5 Å². The molecule has 1 saturated heterocycles. The number of nitrogens with two attached hydrogens (primary N) is 1. The zero-order valence-corrected chi connectivity index (χ0v) is 7.22. The zero-order chi connectivity index (χ0) is 7.84. The van der Waals surface area contributed by atoms with Gasteiger partial charge >= 0.3 is 0 Å². The van der Waals surface area contributed by atoms with Crippen LogP contribution < -0.4 is 11.1 Å². The molecule has 0 aromatic rings. The Hall–Kier alpha value is -0.0800. The van der Waals surface area contributed by atoms with Crippen molar-refractivity contribution < 1.29 is 0 Å². The molecular formula is C9H18N2. The maximum absolute atomic E-state index is 5.67. The highest BCUT2D eigenvalue weighted by Crippen LogP contribution is 2.40. The maximum Gasteiger partial charge on any atom is 0.0221 e. The molecule has 0 aromatic carbocycles. The number of hydrogen-bond acceptors (Lipinski definition) is 2. The van der Waals surface area contributed by atoms with E-state index >= 15 is 0 Å². The van der Waals surface area contributed by atoms with E-state index < -0.39 is 0 Å². The molecule has 1 unspecified atom stereocenters. The van der Waals surface area contributed by atoms with Crippen LogP contribution in [0.2, 0.25) is 0 Å². The fourth-order valence-electron chi connectivity index (χ4n) is 2.88. The van der Waals surface area contributed by atoms with Gasteiger partial charge in [-0.05, 0) is 37.1 Å². The molecule has 1 aliphatic heterocycles. The molecule has 0 amide bonds. The lowest BCUT2D eigenvalue weighted by molar-refractivity contribution is 0.409. The van der Waals surface area contributed by atoms with Crippen molar-refractivity contribution in [3.63, 3.8) is 0 Å². The lowest BCUT2D eigenvalue weighted by atomic mass is 9.94. The molecule has 0 bridgehead atoms. The summed E-state index contributed by atoms with van der Waals surface area (Å²) < 4.78 is 0. The predicted octanol–water partition coefficient (Wildman–Crippen LogP) is 0.579. The second-order valence-corrected chi connectivity index (χ2v) is 4.25. The Morgan fingerprint density at radius 1 is 1.45 bits per heavy atom. The summed E-state index contributed by atoms with van der Waals surface area (Å²) in [6.45, 7) is 4.41. The van der Waals surface area contributed by atoms with Crippen LogP contribution in [0.15, 0.2) is 0 Å². The molecule has 0 spiro atoms. The molecule has 2 fully saturated rings. The summed E-state index contributed by atoms with van der Waals surface area (Å²) >= 11 is 0. The lowest BCUT2D eigenvalue weighted by Gasteiger charge is -2.15. The molecule has 64 valence electrons. The average Bonchev–Trinajstić information content (AvgIpc) is 2.45. The van der Waals surface area contributed by atoms with Crippen molar-refractivity contribution in [2.45, 2.75) is 25.8 Å². The summed E-state index contributed by atoms with van der Waals surface area (Å²) in [6, 6.07) is 0.630. The van der Waals surface area contributed by atoms with Crippen LogP contribution in [-0.2, 0) is 0 Å². The van der Waals surface area contributed by atoms with Gasteiger partial charge in [0.2, 0.25) is 0 Å². The Morgan fingerprint density at radius 2 is 2.27 bits per heavy atom. The Kier molecular flexibility index (Phi) is 1.90. The van der Waals surface area contributed by atoms with Gasteiger partial charge in [-0.1, -0.05) is 6.92 Å². The predicted molar refractivity (Wildman–Crippen MR) is 46.2 cm³/mol. The summed E-state index contributed by atoms with van der Waals surface area (Å²) in [7, 11) is 0. The van der Waals surface area contributed by atoms with Gasteiger partial charge in [-0.2, -0.15) is 0 Å². The monoisotopic (exact) mass is 154 g/mol. The zero-order valence-electron chi connectivity index (χ0n) is 7.22. The van der Waals surface area contributed by atoms with Crippen LogP contribution in [-0.4, -0.2) is 19.1 Å². The molecule has 2 heteroatoms. The van der Waals surface area contributed by atoms with Crippen molar-refractivity contribution in [3.8, 4) is 0 Å². The number of hydrogen-bond donors (Lipinski definition) is 2. The lowest BCUT2D eigenvalue weighted by Crippen LogP contribution is -2.34. The van der Waals surface area contributed by atoms with E-state index in [9.17, 15) is 0 Å². The van der Waals surface area contributed by atoms with Crippen molar-refractivity contribution in [2.75, 3.05) is 13.1 Å². The van der Waals surface area contributed by atoms with Crippen molar-refractivity contribution in [1.82, 2.24) is 5.32 Å². The van der Waals surface area contributed by atoms with Crippen molar-refractivity contribution in [1.29, 1.82) is 0 Å². The summed E-state index contributed by atoms with van der Waals surface area (Å²) in [5, 5.41) is 3.50. The molecule has 2 rings (SSSR count). The second kappa shape index (κ2) is 2.76. The minimum absolute atomic E-state index is 0.630. The van der Waals surface area contributed by atoms with Gasteiger partial charge in [0.1, 0.15) is 0 Å². The first-order valence-corrected chi connectivity index (χ1v) is 4.74. The van der Waals surface area contributed by atoms with E-state index in [2.05, 4.69) is 12.2 Å². The van der Waals surface area contributed by atoms with Gasteiger partial charge in [-0.25, -0.2) is 0 Å². The quantitative estimate of drug-likeness (QED) is 0.580. The standard InChI is InChI=1S/C9H18N2/c1-6-2-7-5-11-9(4-10)8(7)3-6/h6-9,11H,2-5,10H2,1H3/t6?,7-,8-,9+/m0/s1. The largest absolute Gasteiger partial charge is 0.329 e. The van der Waals surface area contributed by atoms with Gasteiger partial charge in [0, 0.05) is 12.6 Å². The third kappa shape index (κ3) is 1.18. The molecule has 1 heterocycles. The molecule has 1 aliphatic carbocycles.